The van der Waals surface area contributed by atoms with Crippen molar-refractivity contribution in [1.29, 1.82) is 0 Å². The predicted octanol–water partition coefficient (Wildman–Crippen LogP) is 0.120. The second-order valence-electron chi connectivity index (χ2n) is 4.79. The average Bonchev–Trinajstić information content (AvgIpc) is 3.06. The number of nitrogens with zero attached hydrogens (tertiary/aromatic N) is 1. The van der Waals surface area contributed by atoms with Crippen LogP contribution in [0, 0.1) is 0 Å². The zero-order valence-electron chi connectivity index (χ0n) is 11.1. The van der Waals surface area contributed by atoms with Gasteiger partial charge in [-0.05, 0) is 20.9 Å². The maximum Gasteiger partial charge on any atom is 0.104 e. The molecule has 2 unspecified atom stereocenters. The van der Waals surface area contributed by atoms with Gasteiger partial charge in [0, 0.05) is 12.6 Å². The van der Waals surface area contributed by atoms with Crippen LogP contribution in [0.4, 0.5) is 0 Å². The fraction of sp³-hybridized carbons (Fsp3) is 1.00. The fourth-order valence-corrected chi connectivity index (χ4v) is 1.31. The number of epoxide rings is 1. The SMILES string of the molecule is CC(C)N(C)CC(O)COCCOCC1CO1. The lowest BCUT2D eigenvalue weighted by atomic mass is 10.3. The molecule has 1 aliphatic heterocycles. The Labute approximate surface area is 104 Å². The number of ether oxygens (including phenoxy) is 3. The van der Waals surface area contributed by atoms with Crippen LogP contribution in [0.5, 0.6) is 0 Å². The summed E-state index contributed by atoms with van der Waals surface area (Å²) >= 11 is 0. The topological polar surface area (TPSA) is 54.5 Å². The smallest absolute Gasteiger partial charge is 0.104 e. The maximum atomic E-state index is 9.70. The molecule has 1 rings (SSSR count). The molecule has 1 aliphatic rings. The Hall–Kier alpha value is -0.200. The van der Waals surface area contributed by atoms with Crippen LogP contribution in [0.15, 0.2) is 0 Å². The van der Waals surface area contributed by atoms with Crippen LogP contribution in [-0.4, -0.2) is 74.9 Å². The fourth-order valence-electron chi connectivity index (χ4n) is 1.31. The summed E-state index contributed by atoms with van der Waals surface area (Å²) in [4.78, 5) is 2.09. The van der Waals surface area contributed by atoms with Crippen LogP contribution in [0.3, 0.4) is 0 Å². The summed E-state index contributed by atoms with van der Waals surface area (Å²) in [5.41, 5.74) is 0. The standard InChI is InChI=1S/C12H25NO4/c1-10(2)13(3)6-11(14)7-15-4-5-16-8-12-9-17-12/h10-12,14H,4-9H2,1-3H3. The van der Waals surface area contributed by atoms with Crippen molar-refractivity contribution in [3.8, 4) is 0 Å². The molecule has 102 valence electrons. The third-order valence-corrected chi connectivity index (χ3v) is 2.77. The van der Waals surface area contributed by atoms with Crippen molar-refractivity contribution in [3.63, 3.8) is 0 Å². The minimum atomic E-state index is -0.436. The van der Waals surface area contributed by atoms with Crippen LogP contribution in [-0.2, 0) is 14.2 Å². The summed E-state index contributed by atoms with van der Waals surface area (Å²) in [6, 6.07) is 0.437. The molecule has 1 saturated heterocycles. The molecule has 0 saturated carbocycles. The van der Waals surface area contributed by atoms with Gasteiger partial charge in [0.15, 0.2) is 0 Å². The van der Waals surface area contributed by atoms with Gasteiger partial charge in [-0.3, -0.25) is 0 Å². The minimum Gasteiger partial charge on any atom is -0.389 e. The maximum absolute atomic E-state index is 9.70. The Kier molecular flexibility index (Phi) is 6.99. The van der Waals surface area contributed by atoms with Crippen LogP contribution < -0.4 is 0 Å². The molecule has 2 atom stereocenters. The van der Waals surface area contributed by atoms with Gasteiger partial charge in [-0.1, -0.05) is 0 Å². The Balaban J connectivity index is 1.86. The minimum absolute atomic E-state index is 0.306. The second kappa shape index (κ2) is 8.00. The van der Waals surface area contributed by atoms with E-state index in [9.17, 15) is 5.11 Å². The molecule has 17 heavy (non-hydrogen) atoms. The van der Waals surface area contributed by atoms with Gasteiger partial charge in [-0.15, -0.1) is 0 Å². The molecule has 0 bridgehead atoms. The molecule has 0 aromatic rings. The third-order valence-electron chi connectivity index (χ3n) is 2.77. The molecule has 0 radical (unpaired) electrons. The van der Waals surface area contributed by atoms with E-state index < -0.39 is 6.10 Å². The molecular weight excluding hydrogens is 222 g/mol. The monoisotopic (exact) mass is 247 g/mol. The molecule has 1 heterocycles. The van der Waals surface area contributed by atoms with E-state index in [1.165, 1.54) is 0 Å². The molecule has 1 N–H and O–H groups in total. The summed E-state index contributed by atoms with van der Waals surface area (Å²) in [5.74, 6) is 0. The van der Waals surface area contributed by atoms with Crippen molar-refractivity contribution in [3.05, 3.63) is 0 Å². The van der Waals surface area contributed by atoms with Gasteiger partial charge in [0.05, 0.1) is 39.1 Å². The lowest BCUT2D eigenvalue weighted by Gasteiger charge is -2.23. The molecule has 5 nitrogen and oxygen atoms in total. The van der Waals surface area contributed by atoms with Crippen LogP contribution in [0.1, 0.15) is 13.8 Å². The first-order chi connectivity index (χ1) is 8.09. The summed E-state index contributed by atoms with van der Waals surface area (Å²) < 4.78 is 15.7. The average molecular weight is 247 g/mol. The number of aliphatic hydroxyl groups excluding tert-OH is 1. The normalized spacial score (nSPS) is 21.2. The number of hydrogen-bond acceptors (Lipinski definition) is 5. The van der Waals surface area contributed by atoms with Crippen molar-refractivity contribution in [2.24, 2.45) is 0 Å². The Morgan fingerprint density at radius 2 is 2.00 bits per heavy atom. The van der Waals surface area contributed by atoms with Crippen molar-refractivity contribution >= 4 is 0 Å². The predicted molar refractivity (Wildman–Crippen MR) is 65.2 cm³/mol. The molecule has 1 fully saturated rings. The molecule has 0 aliphatic carbocycles. The highest BCUT2D eigenvalue weighted by Crippen LogP contribution is 2.08. The van der Waals surface area contributed by atoms with Crippen molar-refractivity contribution in [1.82, 2.24) is 4.90 Å². The number of aliphatic hydroxyl groups is 1. The van der Waals surface area contributed by atoms with E-state index in [1.807, 2.05) is 7.05 Å². The van der Waals surface area contributed by atoms with Crippen LogP contribution in [0.2, 0.25) is 0 Å². The van der Waals surface area contributed by atoms with E-state index in [-0.39, 0.29) is 0 Å². The van der Waals surface area contributed by atoms with Gasteiger partial charge in [-0.25, -0.2) is 0 Å². The third kappa shape index (κ3) is 7.68. The van der Waals surface area contributed by atoms with E-state index in [1.54, 1.807) is 0 Å². The van der Waals surface area contributed by atoms with E-state index >= 15 is 0 Å². The Morgan fingerprint density at radius 1 is 1.35 bits per heavy atom. The van der Waals surface area contributed by atoms with Crippen molar-refractivity contribution in [2.75, 3.05) is 46.6 Å². The Morgan fingerprint density at radius 3 is 2.59 bits per heavy atom. The summed E-state index contributed by atoms with van der Waals surface area (Å²) in [5, 5.41) is 9.70. The zero-order chi connectivity index (χ0) is 12.7. The molecular formula is C12H25NO4. The van der Waals surface area contributed by atoms with Gasteiger partial charge >= 0.3 is 0 Å². The molecule has 5 heteroatoms. The highest BCUT2D eigenvalue weighted by atomic mass is 16.6. The first kappa shape index (κ1) is 14.9. The highest BCUT2D eigenvalue weighted by Gasteiger charge is 2.22. The van der Waals surface area contributed by atoms with E-state index in [0.29, 0.717) is 45.1 Å². The Bertz CT molecular complexity index is 197. The van der Waals surface area contributed by atoms with E-state index in [2.05, 4.69) is 18.7 Å². The first-order valence-corrected chi connectivity index (χ1v) is 6.25. The summed E-state index contributed by atoms with van der Waals surface area (Å²) in [7, 11) is 1.99. The molecule has 0 aromatic heterocycles. The largest absolute Gasteiger partial charge is 0.389 e. The van der Waals surface area contributed by atoms with Gasteiger partial charge in [0.25, 0.3) is 0 Å². The summed E-state index contributed by atoms with van der Waals surface area (Å²) in [6.45, 7) is 7.75. The van der Waals surface area contributed by atoms with Gasteiger partial charge in [-0.2, -0.15) is 0 Å². The van der Waals surface area contributed by atoms with E-state index in [4.69, 9.17) is 14.2 Å². The lowest BCUT2D eigenvalue weighted by molar-refractivity contribution is -0.00937. The van der Waals surface area contributed by atoms with Gasteiger partial charge < -0.3 is 24.2 Å². The van der Waals surface area contributed by atoms with Crippen LogP contribution in [0.25, 0.3) is 0 Å². The molecule has 0 aromatic carbocycles. The summed E-state index contributed by atoms with van der Waals surface area (Å²) in [6.07, 6.45) is -0.130. The van der Waals surface area contributed by atoms with Crippen molar-refractivity contribution in [2.45, 2.75) is 32.1 Å². The zero-order valence-corrected chi connectivity index (χ0v) is 11.1. The quantitative estimate of drug-likeness (QED) is 0.439. The van der Waals surface area contributed by atoms with Gasteiger partial charge in [0.1, 0.15) is 6.10 Å². The highest BCUT2D eigenvalue weighted by molar-refractivity contribution is 4.67. The number of likely N-dealkylation sites (N-methyl/N-ethyl adjacent to an activating group) is 1. The number of hydrogen-bond donors (Lipinski definition) is 1. The second-order valence-corrected chi connectivity index (χ2v) is 4.79. The van der Waals surface area contributed by atoms with Gasteiger partial charge in [0.2, 0.25) is 0 Å². The number of rotatable bonds is 10. The lowest BCUT2D eigenvalue weighted by Crippen LogP contribution is -2.36. The first-order valence-electron chi connectivity index (χ1n) is 6.25. The van der Waals surface area contributed by atoms with Crippen molar-refractivity contribution < 1.29 is 19.3 Å². The molecule has 0 spiro atoms. The molecule has 0 amide bonds. The van der Waals surface area contributed by atoms with E-state index in [0.717, 1.165) is 6.61 Å². The van der Waals surface area contributed by atoms with Crippen LogP contribution >= 0.6 is 0 Å².